The fraction of sp³-hybridized carbons (Fsp3) is 0.520. The summed E-state index contributed by atoms with van der Waals surface area (Å²) in [4.78, 5) is 27.2. The van der Waals surface area contributed by atoms with Crippen molar-refractivity contribution in [3.8, 4) is 0 Å². The molecule has 1 fully saturated rings. The minimum atomic E-state index is -4.54. The van der Waals surface area contributed by atoms with E-state index in [0.29, 0.717) is 24.6 Å². The minimum absolute atomic E-state index is 0.0319. The Bertz CT molecular complexity index is 860. The van der Waals surface area contributed by atoms with Gasteiger partial charge in [0.15, 0.2) is 8.32 Å². The average molecular weight is 498 g/mol. The van der Waals surface area contributed by atoms with E-state index in [9.17, 15) is 22.8 Å². The van der Waals surface area contributed by atoms with E-state index in [0.717, 1.165) is 16.5 Å². The number of hydrogen-bond acceptors (Lipinski definition) is 4. The van der Waals surface area contributed by atoms with Gasteiger partial charge in [0.05, 0.1) is 6.04 Å². The van der Waals surface area contributed by atoms with E-state index in [4.69, 9.17) is 9.16 Å². The molecule has 2 atom stereocenters. The van der Waals surface area contributed by atoms with Crippen molar-refractivity contribution in [2.24, 2.45) is 0 Å². The SMILES string of the molecule is C=CC/C(=C\C[C@H](O[Si](CC)(CC)CC)C(=O)N1C(=O)OC[C@H]1Cc1ccccc1)C(F)(F)F. The quantitative estimate of drug-likeness (QED) is 0.247. The van der Waals surface area contributed by atoms with Gasteiger partial charge < -0.3 is 9.16 Å². The van der Waals surface area contributed by atoms with Crippen LogP contribution in [0.3, 0.4) is 0 Å². The molecule has 1 saturated heterocycles. The van der Waals surface area contributed by atoms with Gasteiger partial charge in [0.1, 0.15) is 12.7 Å². The highest BCUT2D eigenvalue weighted by atomic mass is 28.4. The van der Waals surface area contributed by atoms with Gasteiger partial charge >= 0.3 is 12.3 Å². The lowest BCUT2D eigenvalue weighted by molar-refractivity contribution is -0.137. The Hall–Kier alpha value is -2.39. The van der Waals surface area contributed by atoms with E-state index >= 15 is 0 Å². The zero-order valence-electron chi connectivity index (χ0n) is 20.1. The first-order valence-corrected chi connectivity index (χ1v) is 14.2. The van der Waals surface area contributed by atoms with Crippen LogP contribution >= 0.6 is 0 Å². The minimum Gasteiger partial charge on any atom is -0.447 e. The van der Waals surface area contributed by atoms with Gasteiger partial charge in [-0.15, -0.1) is 6.58 Å². The smallest absolute Gasteiger partial charge is 0.417 e. The fourth-order valence-electron chi connectivity index (χ4n) is 4.14. The van der Waals surface area contributed by atoms with Gasteiger partial charge in [-0.2, -0.15) is 13.2 Å². The molecular formula is C25H34F3NO4Si. The third-order valence-corrected chi connectivity index (χ3v) is 11.1. The van der Waals surface area contributed by atoms with E-state index in [1.807, 2.05) is 51.1 Å². The molecule has 0 saturated carbocycles. The van der Waals surface area contributed by atoms with Crippen molar-refractivity contribution in [3.63, 3.8) is 0 Å². The predicted molar refractivity (Wildman–Crippen MR) is 128 cm³/mol. The number of allylic oxidation sites excluding steroid dienone is 2. The van der Waals surface area contributed by atoms with Crippen molar-refractivity contribution in [1.82, 2.24) is 4.90 Å². The van der Waals surface area contributed by atoms with Crippen LogP contribution in [0.4, 0.5) is 18.0 Å². The third kappa shape index (κ3) is 7.05. The number of amides is 2. The van der Waals surface area contributed by atoms with Crippen LogP contribution in [0.2, 0.25) is 18.1 Å². The molecule has 0 bridgehead atoms. The fourth-order valence-corrected chi connectivity index (χ4v) is 6.94. The lowest BCUT2D eigenvalue weighted by Crippen LogP contribution is -2.50. The normalized spacial score (nSPS) is 18.1. The Morgan fingerprint density at radius 2 is 1.85 bits per heavy atom. The van der Waals surface area contributed by atoms with Gasteiger partial charge in [0.25, 0.3) is 5.91 Å². The highest BCUT2D eigenvalue weighted by molar-refractivity contribution is 6.73. The maximum absolute atomic E-state index is 13.6. The molecule has 1 aromatic rings. The first-order valence-electron chi connectivity index (χ1n) is 11.7. The molecule has 0 aliphatic carbocycles. The maximum atomic E-state index is 13.6. The second kappa shape index (κ2) is 12.4. The van der Waals surface area contributed by atoms with E-state index in [1.165, 1.54) is 6.08 Å². The zero-order chi connectivity index (χ0) is 25.4. The van der Waals surface area contributed by atoms with Gasteiger partial charge in [0.2, 0.25) is 0 Å². The lowest BCUT2D eigenvalue weighted by atomic mass is 10.0. The first-order chi connectivity index (χ1) is 16.1. The van der Waals surface area contributed by atoms with E-state index in [-0.39, 0.29) is 19.4 Å². The van der Waals surface area contributed by atoms with Crippen molar-refractivity contribution in [2.45, 2.75) is 76.5 Å². The van der Waals surface area contributed by atoms with Crippen LogP contribution in [-0.2, 0) is 20.4 Å². The van der Waals surface area contributed by atoms with Gasteiger partial charge in [-0.05, 0) is 36.5 Å². The molecule has 188 valence electrons. The number of cyclic esters (lactones) is 1. The Labute approximate surface area is 200 Å². The summed E-state index contributed by atoms with van der Waals surface area (Å²) in [5, 5.41) is 0. The summed E-state index contributed by atoms with van der Waals surface area (Å²) in [5.41, 5.74) is 0.135. The summed E-state index contributed by atoms with van der Waals surface area (Å²) >= 11 is 0. The van der Waals surface area contributed by atoms with Crippen molar-refractivity contribution >= 4 is 20.3 Å². The number of carbonyl (C=O) groups excluding carboxylic acids is 2. The molecule has 1 heterocycles. The molecule has 34 heavy (non-hydrogen) atoms. The molecule has 0 N–H and O–H groups in total. The molecule has 0 radical (unpaired) electrons. The van der Waals surface area contributed by atoms with Crippen LogP contribution in [0.15, 0.2) is 54.6 Å². The Morgan fingerprint density at radius 1 is 1.24 bits per heavy atom. The van der Waals surface area contributed by atoms with E-state index in [1.54, 1.807) is 0 Å². The highest BCUT2D eigenvalue weighted by Gasteiger charge is 2.44. The topological polar surface area (TPSA) is 55.8 Å². The Morgan fingerprint density at radius 3 is 2.38 bits per heavy atom. The predicted octanol–water partition coefficient (Wildman–Crippen LogP) is 6.42. The number of hydrogen-bond donors (Lipinski definition) is 0. The Balaban J connectivity index is 2.37. The number of alkyl halides is 3. The van der Waals surface area contributed by atoms with Crippen LogP contribution in [0.5, 0.6) is 0 Å². The molecule has 2 rings (SSSR count). The monoisotopic (exact) mass is 497 g/mol. The van der Waals surface area contributed by atoms with Crippen molar-refractivity contribution in [1.29, 1.82) is 0 Å². The summed E-state index contributed by atoms with van der Waals surface area (Å²) < 4.78 is 51.8. The van der Waals surface area contributed by atoms with Gasteiger partial charge in [-0.25, -0.2) is 9.69 Å². The molecular weight excluding hydrogens is 463 g/mol. The molecule has 1 aliphatic rings. The molecule has 0 unspecified atom stereocenters. The van der Waals surface area contributed by atoms with Gasteiger partial charge in [-0.3, -0.25) is 4.79 Å². The summed E-state index contributed by atoms with van der Waals surface area (Å²) in [5.74, 6) is -0.646. The van der Waals surface area contributed by atoms with Crippen LogP contribution in [0.1, 0.15) is 39.2 Å². The molecule has 0 aromatic heterocycles. The zero-order valence-corrected chi connectivity index (χ0v) is 21.1. The number of ether oxygens (including phenoxy) is 1. The number of rotatable bonds is 12. The van der Waals surface area contributed by atoms with E-state index < -0.39 is 44.2 Å². The number of imide groups is 1. The first kappa shape index (κ1) is 27.8. The molecule has 1 aliphatic heterocycles. The second-order valence-electron chi connectivity index (χ2n) is 8.43. The highest BCUT2D eigenvalue weighted by Crippen LogP contribution is 2.31. The van der Waals surface area contributed by atoms with Crippen molar-refractivity contribution < 1.29 is 31.9 Å². The molecule has 0 spiro atoms. The number of halogens is 3. The maximum Gasteiger partial charge on any atom is 0.417 e. The van der Waals surface area contributed by atoms with E-state index in [2.05, 4.69) is 6.58 Å². The average Bonchev–Trinajstić information content (AvgIpc) is 3.18. The Kier molecular flexibility index (Phi) is 10.1. The molecule has 5 nitrogen and oxygen atoms in total. The van der Waals surface area contributed by atoms with Gasteiger partial charge in [-0.1, -0.05) is 63.3 Å². The van der Waals surface area contributed by atoms with Crippen molar-refractivity contribution in [2.75, 3.05) is 6.61 Å². The molecule has 1 aromatic carbocycles. The van der Waals surface area contributed by atoms with Crippen LogP contribution < -0.4 is 0 Å². The number of benzene rings is 1. The third-order valence-electron chi connectivity index (χ3n) is 6.42. The summed E-state index contributed by atoms with van der Waals surface area (Å²) in [6, 6.07) is 10.9. The molecule has 2 amide bonds. The second-order valence-corrected chi connectivity index (χ2v) is 13.2. The lowest BCUT2D eigenvalue weighted by Gasteiger charge is -2.34. The van der Waals surface area contributed by atoms with Gasteiger partial charge in [0, 0.05) is 12.0 Å². The summed E-state index contributed by atoms with van der Waals surface area (Å²) in [6.07, 6.45) is -4.61. The number of nitrogens with zero attached hydrogens (tertiary/aromatic N) is 1. The van der Waals surface area contributed by atoms with Crippen LogP contribution in [-0.4, -0.2) is 50.1 Å². The number of carbonyl (C=O) groups is 2. The standard InChI is InChI=1S/C25H34F3NO4Si/c1-5-12-20(25(26,27)28)15-16-22(33-34(6-2,7-3)8-4)23(30)29-21(18-32-24(29)31)17-19-13-10-9-11-14-19/h5,9-11,13-15,21-22H,1,6-8,12,16-18H2,2-4H3/b20-15+/t21-,22+/m1/s1. The summed E-state index contributed by atoms with van der Waals surface area (Å²) in [7, 11) is -2.38. The molecule has 9 heteroatoms. The van der Waals surface area contributed by atoms with Crippen molar-refractivity contribution in [3.05, 3.63) is 60.2 Å². The van der Waals surface area contributed by atoms with Crippen LogP contribution in [0.25, 0.3) is 0 Å². The largest absolute Gasteiger partial charge is 0.447 e. The summed E-state index contributed by atoms with van der Waals surface area (Å²) in [6.45, 7) is 9.34. The van der Waals surface area contributed by atoms with Crippen LogP contribution in [0, 0.1) is 0 Å².